The van der Waals surface area contributed by atoms with Crippen LogP contribution in [0, 0.1) is 5.82 Å². The fourth-order valence-corrected chi connectivity index (χ4v) is 8.89. The minimum absolute atomic E-state index is 0.0977. The Labute approximate surface area is 235 Å². The monoisotopic (exact) mass is 628 g/mol. The van der Waals surface area contributed by atoms with Crippen LogP contribution in [0.25, 0.3) is 0 Å². The molecule has 0 aromatic heterocycles. The summed E-state index contributed by atoms with van der Waals surface area (Å²) in [5.74, 6) is -1.91. The van der Waals surface area contributed by atoms with Crippen LogP contribution in [0.1, 0.15) is 49.7 Å². The van der Waals surface area contributed by atoms with Crippen molar-refractivity contribution in [2.45, 2.75) is 77.9 Å². The second-order valence-electron chi connectivity index (χ2n) is 10.9. The van der Waals surface area contributed by atoms with Gasteiger partial charge in [0.15, 0.2) is 15.5 Å². The topological polar surface area (TPSA) is 66.5 Å². The van der Waals surface area contributed by atoms with Crippen molar-refractivity contribution in [2.75, 3.05) is 18.4 Å². The first kappa shape index (κ1) is 30.5. The van der Waals surface area contributed by atoms with E-state index in [1.165, 1.54) is 0 Å². The summed E-state index contributed by atoms with van der Waals surface area (Å²) in [7, 11) is -4.75. The van der Waals surface area contributed by atoms with E-state index in [0.717, 1.165) is 23.1 Å². The molecule has 0 radical (unpaired) electrons. The van der Waals surface area contributed by atoms with Crippen molar-refractivity contribution in [3.63, 3.8) is 0 Å². The number of carbonyl (C=O) groups is 1. The van der Waals surface area contributed by atoms with E-state index >= 15 is 4.39 Å². The van der Waals surface area contributed by atoms with Crippen molar-refractivity contribution in [1.29, 1.82) is 0 Å². The Morgan fingerprint density at radius 2 is 1.55 bits per heavy atom. The average molecular weight is 629 g/mol. The fourth-order valence-electron chi connectivity index (χ4n) is 6.55. The lowest BCUT2D eigenvalue weighted by Gasteiger charge is -2.44. The molecule has 2 unspecified atom stereocenters. The van der Waals surface area contributed by atoms with Crippen LogP contribution in [0.5, 0.6) is 0 Å². The molecule has 1 amide bonds. The van der Waals surface area contributed by atoms with Crippen molar-refractivity contribution in [3.8, 4) is 0 Å². The standard InChI is InChI=1S/C27H25F9N2O3S/c28-17-5-4-6-18(14-17)42(40,41)24-11-12-38(22(39)23(29)9-2-1-3-10-23)21(24)15-37-20-13-16(7-8-19(20)24)25(30,26(31,32)33)27(34,35)36/h4-8,13-14,21,37H,1-3,9-12,15H2. The van der Waals surface area contributed by atoms with E-state index in [9.17, 15) is 48.3 Å². The lowest BCUT2D eigenvalue weighted by molar-refractivity contribution is -0.348. The predicted octanol–water partition coefficient (Wildman–Crippen LogP) is 6.48. The third kappa shape index (κ3) is 4.28. The number of benzene rings is 2. The molecule has 2 aromatic carbocycles. The van der Waals surface area contributed by atoms with E-state index < -0.39 is 85.2 Å². The normalized spacial score (nSPS) is 24.5. The van der Waals surface area contributed by atoms with Crippen LogP contribution >= 0.6 is 0 Å². The maximum atomic E-state index is 15.8. The lowest BCUT2D eigenvalue weighted by atomic mass is 9.82. The van der Waals surface area contributed by atoms with E-state index in [4.69, 9.17) is 0 Å². The summed E-state index contributed by atoms with van der Waals surface area (Å²) in [5, 5.41) is 2.55. The minimum Gasteiger partial charge on any atom is -0.383 e. The molecule has 5 nitrogen and oxygen atoms in total. The quantitative estimate of drug-likeness (QED) is 0.394. The molecule has 2 aliphatic heterocycles. The zero-order chi connectivity index (χ0) is 30.9. The summed E-state index contributed by atoms with van der Waals surface area (Å²) in [6, 6.07) is 3.54. The maximum Gasteiger partial charge on any atom is 0.435 e. The first-order valence-corrected chi connectivity index (χ1v) is 14.6. The van der Waals surface area contributed by atoms with Crippen LogP contribution in [0.2, 0.25) is 0 Å². The molecule has 15 heteroatoms. The largest absolute Gasteiger partial charge is 0.435 e. The van der Waals surface area contributed by atoms with Crippen LogP contribution in [0.3, 0.4) is 0 Å². The SMILES string of the molecule is O=C(N1CCC2(S(=O)(=O)c3cccc(F)c3)c3ccc(C(F)(C(F)(F)F)C(F)(F)F)cc3NCC12)C1(F)CCCCC1. The number of hydrogen-bond donors (Lipinski definition) is 1. The molecule has 0 spiro atoms. The Morgan fingerprint density at radius 1 is 0.905 bits per heavy atom. The van der Waals surface area contributed by atoms with Gasteiger partial charge in [-0.1, -0.05) is 24.6 Å². The number of carbonyl (C=O) groups excluding carboxylic acids is 1. The molecule has 230 valence electrons. The van der Waals surface area contributed by atoms with Gasteiger partial charge < -0.3 is 10.2 Å². The van der Waals surface area contributed by atoms with Crippen LogP contribution < -0.4 is 5.32 Å². The molecule has 2 heterocycles. The number of nitrogens with one attached hydrogen (secondary N) is 1. The molecular weight excluding hydrogens is 603 g/mol. The second kappa shape index (κ2) is 9.78. The highest BCUT2D eigenvalue weighted by atomic mass is 32.2. The summed E-state index contributed by atoms with van der Waals surface area (Å²) >= 11 is 0. The van der Waals surface area contributed by atoms with Gasteiger partial charge in [-0.2, -0.15) is 26.3 Å². The molecule has 42 heavy (non-hydrogen) atoms. The van der Waals surface area contributed by atoms with Crippen LogP contribution in [-0.2, 0) is 25.0 Å². The van der Waals surface area contributed by atoms with Crippen molar-refractivity contribution < 1.29 is 52.7 Å². The Hall–Kier alpha value is -2.97. The number of hydrogen-bond acceptors (Lipinski definition) is 4. The van der Waals surface area contributed by atoms with Gasteiger partial charge in [0, 0.05) is 24.3 Å². The highest BCUT2D eigenvalue weighted by molar-refractivity contribution is 7.92. The van der Waals surface area contributed by atoms with Gasteiger partial charge in [0.05, 0.1) is 10.9 Å². The van der Waals surface area contributed by atoms with Crippen molar-refractivity contribution in [1.82, 2.24) is 4.90 Å². The number of halogens is 9. The Bertz CT molecular complexity index is 1490. The second-order valence-corrected chi connectivity index (χ2v) is 13.1. The first-order chi connectivity index (χ1) is 19.4. The highest BCUT2D eigenvalue weighted by Gasteiger charge is 2.74. The summed E-state index contributed by atoms with van der Waals surface area (Å²) in [5.41, 5.74) is -10.8. The Kier molecular flexibility index (Phi) is 7.10. The number of anilines is 1. The van der Waals surface area contributed by atoms with Gasteiger partial charge in [0.2, 0.25) is 0 Å². The third-order valence-electron chi connectivity index (χ3n) is 8.66. The van der Waals surface area contributed by atoms with E-state index in [2.05, 4.69) is 5.32 Å². The van der Waals surface area contributed by atoms with Crippen molar-refractivity contribution >= 4 is 21.4 Å². The van der Waals surface area contributed by atoms with Crippen LogP contribution in [0.4, 0.5) is 45.2 Å². The molecule has 1 aliphatic carbocycles. The van der Waals surface area contributed by atoms with E-state index in [-0.39, 0.29) is 37.1 Å². The van der Waals surface area contributed by atoms with Gasteiger partial charge in [0.25, 0.3) is 5.91 Å². The maximum absolute atomic E-state index is 15.8. The Balaban J connectivity index is 1.70. The molecule has 3 aliphatic rings. The number of amides is 1. The summed E-state index contributed by atoms with van der Waals surface area (Å²) in [6.07, 6.45) is -11.9. The number of fused-ring (bicyclic) bond motifs is 3. The Morgan fingerprint density at radius 3 is 2.14 bits per heavy atom. The molecule has 5 rings (SSSR count). The molecule has 0 bridgehead atoms. The number of nitrogens with zero attached hydrogens (tertiary/aromatic N) is 1. The number of sulfone groups is 1. The molecular formula is C27H25F9N2O3S. The van der Waals surface area contributed by atoms with Crippen molar-refractivity contribution in [2.24, 2.45) is 0 Å². The lowest BCUT2D eigenvalue weighted by Crippen LogP contribution is -2.58. The predicted molar refractivity (Wildman–Crippen MR) is 132 cm³/mol. The first-order valence-electron chi connectivity index (χ1n) is 13.1. The molecule has 2 fully saturated rings. The zero-order valence-electron chi connectivity index (χ0n) is 21.8. The van der Waals surface area contributed by atoms with Gasteiger partial charge in [-0.15, -0.1) is 0 Å². The number of likely N-dealkylation sites (tertiary alicyclic amines) is 1. The molecule has 1 N–H and O–H groups in total. The average Bonchev–Trinajstić information content (AvgIpc) is 3.32. The fraction of sp³-hybridized carbons (Fsp3) is 0.519. The van der Waals surface area contributed by atoms with Gasteiger partial charge in [0.1, 0.15) is 10.6 Å². The summed E-state index contributed by atoms with van der Waals surface area (Å²) < 4.78 is 152. The smallest absolute Gasteiger partial charge is 0.383 e. The van der Waals surface area contributed by atoms with Gasteiger partial charge in [-0.05, 0) is 61.9 Å². The van der Waals surface area contributed by atoms with Gasteiger partial charge >= 0.3 is 18.0 Å². The van der Waals surface area contributed by atoms with Crippen molar-refractivity contribution in [3.05, 3.63) is 59.4 Å². The van der Waals surface area contributed by atoms with Gasteiger partial charge in [-0.3, -0.25) is 4.79 Å². The van der Waals surface area contributed by atoms with E-state index in [1.54, 1.807) is 0 Å². The third-order valence-corrected chi connectivity index (χ3v) is 11.2. The van der Waals surface area contributed by atoms with E-state index in [1.807, 2.05) is 0 Å². The number of alkyl halides is 8. The van der Waals surface area contributed by atoms with Crippen LogP contribution in [-0.4, -0.2) is 56.4 Å². The molecule has 1 saturated carbocycles. The summed E-state index contributed by atoms with van der Waals surface area (Å²) in [6.45, 7) is -0.838. The van der Waals surface area contributed by atoms with Gasteiger partial charge in [-0.25, -0.2) is 21.6 Å². The highest BCUT2D eigenvalue weighted by Crippen LogP contribution is 2.57. The molecule has 2 atom stereocenters. The molecule has 2 aromatic rings. The zero-order valence-corrected chi connectivity index (χ0v) is 22.6. The summed E-state index contributed by atoms with van der Waals surface area (Å²) in [4.78, 5) is 14.0. The molecule has 1 saturated heterocycles. The number of rotatable bonds is 4. The van der Waals surface area contributed by atoms with Crippen LogP contribution in [0.15, 0.2) is 47.4 Å². The minimum atomic E-state index is -6.41. The van der Waals surface area contributed by atoms with E-state index in [0.29, 0.717) is 31.4 Å².